The smallest absolute Gasteiger partial charge is 0.289 e. The molecular formula is C39H42F2N6O4Si. The molecule has 13 heteroatoms. The van der Waals surface area contributed by atoms with Gasteiger partial charge >= 0.3 is 0 Å². The number of benzene rings is 2. The maximum Gasteiger partial charge on any atom is 0.289 e. The summed E-state index contributed by atoms with van der Waals surface area (Å²) in [4.78, 5) is 13.2. The van der Waals surface area contributed by atoms with E-state index in [1.165, 1.54) is 6.20 Å². The molecule has 1 unspecified atom stereocenters. The summed E-state index contributed by atoms with van der Waals surface area (Å²) in [6, 6.07) is 16.4. The number of aromatic nitrogens is 3. The van der Waals surface area contributed by atoms with Gasteiger partial charge in [0.25, 0.3) is 6.02 Å². The van der Waals surface area contributed by atoms with Gasteiger partial charge in [-0.05, 0) is 61.7 Å². The highest BCUT2D eigenvalue weighted by atomic mass is 28.3. The lowest BCUT2D eigenvalue weighted by Crippen LogP contribution is -2.29. The van der Waals surface area contributed by atoms with Crippen LogP contribution in [0.15, 0.2) is 78.3 Å². The molecule has 5 aromatic rings. The molecule has 0 saturated carbocycles. The molecule has 0 radical (unpaired) electrons. The van der Waals surface area contributed by atoms with E-state index in [1.807, 2.05) is 49.0 Å². The van der Waals surface area contributed by atoms with Crippen molar-refractivity contribution in [2.45, 2.75) is 58.8 Å². The molecule has 4 heterocycles. The van der Waals surface area contributed by atoms with Crippen LogP contribution in [-0.4, -0.2) is 54.5 Å². The number of hydrogen-bond acceptors (Lipinski definition) is 9. The number of nitrogens with zero attached hydrogens (tertiary/aromatic N) is 5. The zero-order valence-corrected chi connectivity index (χ0v) is 31.0. The average molecular weight is 725 g/mol. The van der Waals surface area contributed by atoms with E-state index in [2.05, 4.69) is 46.0 Å². The van der Waals surface area contributed by atoms with Gasteiger partial charge in [-0.1, -0.05) is 31.8 Å². The van der Waals surface area contributed by atoms with Gasteiger partial charge in [-0.2, -0.15) is 5.26 Å². The minimum atomic E-state index is -1.32. The van der Waals surface area contributed by atoms with Crippen LogP contribution in [0.3, 0.4) is 0 Å². The summed E-state index contributed by atoms with van der Waals surface area (Å²) in [5.41, 5.74) is 3.38. The van der Waals surface area contributed by atoms with Crippen molar-refractivity contribution >= 4 is 30.8 Å². The number of rotatable bonds is 13. The number of nitriles is 1. The first kappa shape index (κ1) is 36.5. The Balaban J connectivity index is 1.28. The third-order valence-corrected chi connectivity index (χ3v) is 10.1. The van der Waals surface area contributed by atoms with E-state index in [-0.39, 0.29) is 36.2 Å². The maximum absolute atomic E-state index is 15.7. The molecule has 52 heavy (non-hydrogen) atoms. The molecule has 0 bridgehead atoms. The molecule has 10 nitrogen and oxygen atoms in total. The predicted molar refractivity (Wildman–Crippen MR) is 199 cm³/mol. The van der Waals surface area contributed by atoms with Gasteiger partial charge in [0.15, 0.2) is 17.4 Å². The number of amidine groups is 1. The van der Waals surface area contributed by atoms with Crippen molar-refractivity contribution in [3.63, 3.8) is 0 Å². The van der Waals surface area contributed by atoms with Crippen LogP contribution in [0.1, 0.15) is 25.0 Å². The van der Waals surface area contributed by atoms with Crippen LogP contribution >= 0.6 is 0 Å². The van der Waals surface area contributed by atoms with Crippen molar-refractivity contribution in [2.24, 2.45) is 10.9 Å². The first-order chi connectivity index (χ1) is 25.0. The quantitative estimate of drug-likeness (QED) is 0.0947. The maximum atomic E-state index is 15.7. The Morgan fingerprint density at radius 2 is 1.88 bits per heavy atom. The summed E-state index contributed by atoms with van der Waals surface area (Å²) in [5, 5.41) is 13.3. The Morgan fingerprint density at radius 3 is 2.56 bits per heavy atom. The van der Waals surface area contributed by atoms with Gasteiger partial charge in [0.2, 0.25) is 0 Å². The van der Waals surface area contributed by atoms with Gasteiger partial charge in [-0.3, -0.25) is 4.98 Å². The lowest BCUT2D eigenvalue weighted by atomic mass is 10.0. The summed E-state index contributed by atoms with van der Waals surface area (Å²) in [5.74, 6) is -1.62. The van der Waals surface area contributed by atoms with Crippen molar-refractivity contribution in [1.29, 1.82) is 5.26 Å². The second-order valence-corrected chi connectivity index (χ2v) is 19.9. The first-order valence-corrected chi connectivity index (χ1v) is 20.9. The number of hydrogen-bond donors (Lipinski definition) is 1. The molecule has 1 N–H and O–H groups in total. The van der Waals surface area contributed by atoms with E-state index in [0.717, 1.165) is 30.2 Å². The number of pyridine rings is 2. The lowest BCUT2D eigenvalue weighted by molar-refractivity contribution is 0.0899. The highest BCUT2D eigenvalue weighted by Crippen LogP contribution is 2.41. The number of ether oxygens (including phenoxy) is 4. The monoisotopic (exact) mass is 724 g/mol. The lowest BCUT2D eigenvalue weighted by Gasteiger charge is -2.22. The molecular weight excluding hydrogens is 683 g/mol. The Labute approximate surface area is 303 Å². The second kappa shape index (κ2) is 15.9. The summed E-state index contributed by atoms with van der Waals surface area (Å²) in [6.07, 6.45) is 7.55. The van der Waals surface area contributed by atoms with Crippen molar-refractivity contribution in [1.82, 2.24) is 14.5 Å². The van der Waals surface area contributed by atoms with Gasteiger partial charge in [0, 0.05) is 68.8 Å². The molecule has 6 rings (SSSR count). The van der Waals surface area contributed by atoms with Gasteiger partial charge in [0.05, 0.1) is 30.2 Å². The van der Waals surface area contributed by atoms with Crippen molar-refractivity contribution in [3.8, 4) is 34.4 Å². The first-order valence-electron chi connectivity index (χ1n) is 17.2. The molecule has 1 aliphatic heterocycles. The molecule has 0 saturated heterocycles. The van der Waals surface area contributed by atoms with Gasteiger partial charge < -0.3 is 28.8 Å². The number of nitrogens with one attached hydrogen (secondary N) is 1. The van der Waals surface area contributed by atoms with E-state index < -0.39 is 25.5 Å². The topological polar surface area (TPSA) is 116 Å². The van der Waals surface area contributed by atoms with Crippen LogP contribution in [0, 0.1) is 28.9 Å². The van der Waals surface area contributed by atoms with Crippen molar-refractivity contribution < 1.29 is 27.7 Å². The third kappa shape index (κ3) is 8.93. The minimum Gasteiger partial charge on any atom is -0.490 e. The summed E-state index contributed by atoms with van der Waals surface area (Å²) >= 11 is 0. The second-order valence-electron chi connectivity index (χ2n) is 14.2. The summed E-state index contributed by atoms with van der Waals surface area (Å²) in [7, 11) is -1.32. The van der Waals surface area contributed by atoms with Gasteiger partial charge in [0.1, 0.15) is 29.9 Å². The van der Waals surface area contributed by atoms with Crippen LogP contribution in [0.2, 0.25) is 25.7 Å². The minimum absolute atomic E-state index is 0.123. The fourth-order valence-electron chi connectivity index (χ4n) is 5.79. The molecule has 0 amide bonds. The average Bonchev–Trinajstić information content (AvgIpc) is 3.48. The van der Waals surface area contributed by atoms with E-state index in [1.54, 1.807) is 24.4 Å². The largest absolute Gasteiger partial charge is 0.490 e. The molecule has 1 atom stereocenters. The van der Waals surface area contributed by atoms with Gasteiger partial charge in [-0.15, -0.1) is 0 Å². The molecule has 2 aromatic carbocycles. The molecule has 1 aliphatic rings. The number of anilines is 1. The SMILES string of the molecule is CC(C)Oc1ccc(-c2cn(COCC[Si](C)(C)C)c3nccc(Oc4c(F)cc(NC5=NCC(Cc6cccnc6)CO5)cc4F)c23)cc1C#N. The van der Waals surface area contributed by atoms with E-state index >= 15 is 8.78 Å². The van der Waals surface area contributed by atoms with E-state index in [0.29, 0.717) is 53.2 Å². The number of aliphatic imine (C=N–C) groups is 1. The van der Waals surface area contributed by atoms with Crippen molar-refractivity contribution in [3.05, 3.63) is 96.1 Å². The molecule has 3 aromatic heterocycles. The van der Waals surface area contributed by atoms with E-state index in [9.17, 15) is 5.26 Å². The Kier molecular flexibility index (Phi) is 11.2. The normalized spacial score (nSPS) is 14.5. The van der Waals surface area contributed by atoms with Crippen LogP contribution in [0.4, 0.5) is 14.5 Å². The number of halogens is 2. The molecule has 270 valence electrons. The zero-order chi connectivity index (χ0) is 36.8. The molecule has 0 aliphatic carbocycles. The van der Waals surface area contributed by atoms with Crippen molar-refractivity contribution in [2.75, 3.05) is 25.1 Å². The predicted octanol–water partition coefficient (Wildman–Crippen LogP) is 8.80. The number of fused-ring (bicyclic) bond motifs is 1. The zero-order valence-electron chi connectivity index (χ0n) is 30.0. The highest BCUT2D eigenvalue weighted by Gasteiger charge is 2.23. The fourth-order valence-corrected chi connectivity index (χ4v) is 6.55. The Morgan fingerprint density at radius 1 is 1.08 bits per heavy atom. The Bertz CT molecular complexity index is 2090. The summed E-state index contributed by atoms with van der Waals surface area (Å²) < 4.78 is 56.8. The molecule has 0 fully saturated rings. The third-order valence-electron chi connectivity index (χ3n) is 8.38. The highest BCUT2D eigenvalue weighted by molar-refractivity contribution is 6.76. The van der Waals surface area contributed by atoms with Crippen LogP contribution in [-0.2, 0) is 22.6 Å². The standard InChI is InChI=1S/C39H42F2N6O4Si/c1-25(2)50-34-9-8-28(16-29(34)19-42)31-22-47(24-48-13-14-52(3,4)5)38-36(31)35(10-12-44-38)51-37-32(40)17-30(18-33(37)41)46-39-45-21-27(23-49-39)15-26-7-6-11-43-20-26/h6-12,16-18,20,22,25,27H,13-15,21,23-24H2,1-5H3,(H,45,46). The Hall–Kier alpha value is -5.32. The fraction of sp³-hybridized carbons (Fsp3) is 0.333. The van der Waals surface area contributed by atoms with Crippen LogP contribution < -0.4 is 14.8 Å². The van der Waals surface area contributed by atoms with Crippen LogP contribution in [0.5, 0.6) is 17.2 Å². The van der Waals surface area contributed by atoms with Crippen LogP contribution in [0.25, 0.3) is 22.2 Å². The molecule has 0 spiro atoms. The van der Waals surface area contributed by atoms with E-state index in [4.69, 9.17) is 18.9 Å². The van der Waals surface area contributed by atoms with Gasteiger partial charge in [-0.25, -0.2) is 18.8 Å². The summed E-state index contributed by atoms with van der Waals surface area (Å²) in [6.45, 7) is 12.3.